The summed E-state index contributed by atoms with van der Waals surface area (Å²) < 4.78 is 5.26. The molecular weight excluding hydrogens is 288 g/mol. The Labute approximate surface area is 129 Å². The standard InChI is InChI=1S/C16H19ClN2O2/c1-16(2,3)13-8-11(9-14(17)18-13)15(20)19(4)10-12-6-5-7-21-12/h5-9H,10H2,1-4H3. The Morgan fingerprint density at radius 3 is 2.67 bits per heavy atom. The van der Waals surface area contributed by atoms with Gasteiger partial charge in [0.1, 0.15) is 10.9 Å². The van der Waals surface area contributed by atoms with Gasteiger partial charge in [0.2, 0.25) is 0 Å². The summed E-state index contributed by atoms with van der Waals surface area (Å²) in [6, 6.07) is 7.03. The minimum atomic E-state index is -0.167. The Morgan fingerprint density at radius 2 is 2.10 bits per heavy atom. The summed E-state index contributed by atoms with van der Waals surface area (Å²) in [5.74, 6) is 0.628. The fourth-order valence-corrected chi connectivity index (χ4v) is 2.14. The molecule has 21 heavy (non-hydrogen) atoms. The molecule has 0 aliphatic heterocycles. The molecule has 1 amide bonds. The van der Waals surface area contributed by atoms with Crippen LogP contribution in [-0.4, -0.2) is 22.8 Å². The van der Waals surface area contributed by atoms with Gasteiger partial charge in [0.25, 0.3) is 5.91 Å². The molecule has 2 aromatic heterocycles. The maximum atomic E-state index is 12.5. The Balaban J connectivity index is 2.24. The molecule has 0 fully saturated rings. The van der Waals surface area contributed by atoms with Gasteiger partial charge in [-0.3, -0.25) is 4.79 Å². The summed E-state index contributed by atoms with van der Waals surface area (Å²) >= 11 is 6.05. The van der Waals surface area contributed by atoms with E-state index in [2.05, 4.69) is 4.98 Å². The largest absolute Gasteiger partial charge is 0.467 e. The summed E-state index contributed by atoms with van der Waals surface area (Å²) in [6.45, 7) is 6.52. The highest BCUT2D eigenvalue weighted by Crippen LogP contribution is 2.24. The molecule has 2 aromatic rings. The number of pyridine rings is 1. The van der Waals surface area contributed by atoms with Crippen LogP contribution in [-0.2, 0) is 12.0 Å². The monoisotopic (exact) mass is 306 g/mol. The molecule has 0 aliphatic carbocycles. The first-order chi connectivity index (χ1) is 9.77. The molecule has 0 atom stereocenters. The number of amides is 1. The lowest BCUT2D eigenvalue weighted by Gasteiger charge is -2.20. The minimum absolute atomic E-state index is 0.110. The fourth-order valence-electron chi connectivity index (χ4n) is 1.93. The molecule has 0 saturated carbocycles. The topological polar surface area (TPSA) is 46.3 Å². The maximum absolute atomic E-state index is 12.5. The highest BCUT2D eigenvalue weighted by molar-refractivity contribution is 6.29. The highest BCUT2D eigenvalue weighted by Gasteiger charge is 2.20. The number of furan rings is 1. The smallest absolute Gasteiger partial charge is 0.254 e. The lowest BCUT2D eigenvalue weighted by atomic mass is 9.91. The lowest BCUT2D eigenvalue weighted by Crippen LogP contribution is -2.27. The van der Waals surface area contributed by atoms with Crippen molar-refractivity contribution in [3.8, 4) is 0 Å². The first-order valence-electron chi connectivity index (χ1n) is 6.73. The zero-order chi connectivity index (χ0) is 15.6. The van der Waals surface area contributed by atoms with Gasteiger partial charge >= 0.3 is 0 Å². The highest BCUT2D eigenvalue weighted by atomic mass is 35.5. The van der Waals surface area contributed by atoms with Crippen LogP contribution in [0, 0.1) is 0 Å². The SMILES string of the molecule is CN(Cc1ccco1)C(=O)c1cc(Cl)nc(C(C)(C)C)c1. The van der Waals surface area contributed by atoms with Crippen molar-refractivity contribution >= 4 is 17.5 Å². The number of halogens is 1. The summed E-state index contributed by atoms with van der Waals surface area (Å²) in [7, 11) is 1.73. The van der Waals surface area contributed by atoms with E-state index in [9.17, 15) is 4.79 Å². The molecule has 0 aromatic carbocycles. The van der Waals surface area contributed by atoms with Crippen LogP contribution in [0.1, 0.15) is 42.6 Å². The number of rotatable bonds is 3. The Hall–Kier alpha value is -1.81. The Morgan fingerprint density at radius 1 is 1.38 bits per heavy atom. The van der Waals surface area contributed by atoms with Crippen molar-refractivity contribution in [2.45, 2.75) is 32.7 Å². The Bertz CT molecular complexity index is 630. The number of aromatic nitrogens is 1. The van der Waals surface area contributed by atoms with Crippen LogP contribution in [0.15, 0.2) is 34.9 Å². The number of hydrogen-bond acceptors (Lipinski definition) is 3. The molecule has 0 N–H and O–H groups in total. The van der Waals surface area contributed by atoms with E-state index in [0.717, 1.165) is 11.5 Å². The number of carbonyl (C=O) groups is 1. The van der Waals surface area contributed by atoms with Gasteiger partial charge in [0.15, 0.2) is 0 Å². The second kappa shape index (κ2) is 5.90. The predicted octanol–water partition coefficient (Wildman–Crippen LogP) is 3.90. The summed E-state index contributed by atoms with van der Waals surface area (Å²) in [6.07, 6.45) is 1.59. The van der Waals surface area contributed by atoms with E-state index >= 15 is 0 Å². The van der Waals surface area contributed by atoms with Crippen molar-refractivity contribution < 1.29 is 9.21 Å². The van der Waals surface area contributed by atoms with Crippen LogP contribution in [0.25, 0.3) is 0 Å². The third-order valence-electron chi connectivity index (χ3n) is 3.13. The maximum Gasteiger partial charge on any atom is 0.254 e. The van der Waals surface area contributed by atoms with Gasteiger partial charge in [-0.2, -0.15) is 0 Å². The van der Waals surface area contributed by atoms with Crippen molar-refractivity contribution in [1.29, 1.82) is 0 Å². The Kier molecular flexibility index (Phi) is 4.37. The van der Waals surface area contributed by atoms with E-state index in [1.54, 1.807) is 36.4 Å². The van der Waals surface area contributed by atoms with E-state index < -0.39 is 0 Å². The molecule has 112 valence electrons. The van der Waals surface area contributed by atoms with Gasteiger partial charge in [0, 0.05) is 23.7 Å². The second-order valence-corrected chi connectivity index (χ2v) is 6.44. The normalized spacial score (nSPS) is 11.5. The molecule has 0 bridgehead atoms. The van der Waals surface area contributed by atoms with Gasteiger partial charge < -0.3 is 9.32 Å². The molecule has 4 nitrogen and oxygen atoms in total. The quantitative estimate of drug-likeness (QED) is 0.808. The van der Waals surface area contributed by atoms with Crippen molar-refractivity contribution in [3.63, 3.8) is 0 Å². The van der Waals surface area contributed by atoms with Crippen molar-refractivity contribution in [2.24, 2.45) is 0 Å². The van der Waals surface area contributed by atoms with Gasteiger partial charge in [-0.05, 0) is 24.3 Å². The van der Waals surface area contributed by atoms with E-state index in [0.29, 0.717) is 17.3 Å². The van der Waals surface area contributed by atoms with Crippen LogP contribution in [0.2, 0.25) is 5.15 Å². The molecule has 0 spiro atoms. The van der Waals surface area contributed by atoms with Gasteiger partial charge in [-0.25, -0.2) is 4.98 Å². The van der Waals surface area contributed by atoms with E-state index in [-0.39, 0.29) is 11.3 Å². The van der Waals surface area contributed by atoms with Crippen molar-refractivity contribution in [2.75, 3.05) is 7.05 Å². The molecule has 0 aliphatic rings. The first-order valence-corrected chi connectivity index (χ1v) is 7.11. The molecule has 2 heterocycles. The van der Waals surface area contributed by atoms with E-state index in [4.69, 9.17) is 16.0 Å². The fraction of sp³-hybridized carbons (Fsp3) is 0.375. The first kappa shape index (κ1) is 15.6. The third-order valence-corrected chi connectivity index (χ3v) is 3.32. The van der Waals surface area contributed by atoms with Crippen molar-refractivity contribution in [1.82, 2.24) is 9.88 Å². The van der Waals surface area contributed by atoms with Crippen molar-refractivity contribution in [3.05, 3.63) is 52.7 Å². The minimum Gasteiger partial charge on any atom is -0.467 e. The third kappa shape index (κ3) is 3.85. The predicted molar refractivity (Wildman–Crippen MR) is 82.5 cm³/mol. The van der Waals surface area contributed by atoms with Crippen LogP contribution < -0.4 is 0 Å². The molecule has 2 rings (SSSR count). The van der Waals surface area contributed by atoms with Gasteiger partial charge in [0.05, 0.1) is 12.8 Å². The van der Waals surface area contributed by atoms with Crippen LogP contribution in [0.4, 0.5) is 0 Å². The molecule has 0 saturated heterocycles. The van der Waals surface area contributed by atoms with Gasteiger partial charge in [-0.15, -0.1) is 0 Å². The molecule has 0 radical (unpaired) electrons. The average molecular weight is 307 g/mol. The van der Waals surface area contributed by atoms with E-state index in [1.165, 1.54) is 0 Å². The summed E-state index contributed by atoms with van der Waals surface area (Å²) in [5, 5.41) is 0.331. The molecule has 0 unspecified atom stereocenters. The van der Waals surface area contributed by atoms with Crippen LogP contribution in [0.3, 0.4) is 0 Å². The summed E-state index contributed by atoms with van der Waals surface area (Å²) in [5.41, 5.74) is 1.17. The second-order valence-electron chi connectivity index (χ2n) is 6.05. The molecular formula is C16H19ClN2O2. The summed E-state index contributed by atoms with van der Waals surface area (Å²) in [4.78, 5) is 18.4. The van der Waals surface area contributed by atoms with E-state index in [1.807, 2.05) is 26.8 Å². The zero-order valence-electron chi connectivity index (χ0n) is 12.7. The average Bonchev–Trinajstić information content (AvgIpc) is 2.88. The number of nitrogens with zero attached hydrogens (tertiary/aromatic N) is 2. The lowest BCUT2D eigenvalue weighted by molar-refractivity contribution is 0.0775. The van der Waals surface area contributed by atoms with Gasteiger partial charge in [-0.1, -0.05) is 32.4 Å². The number of hydrogen-bond donors (Lipinski definition) is 0. The number of carbonyl (C=O) groups excluding carboxylic acids is 1. The van der Waals surface area contributed by atoms with Crippen LogP contribution >= 0.6 is 11.6 Å². The van der Waals surface area contributed by atoms with Crippen LogP contribution in [0.5, 0.6) is 0 Å². The zero-order valence-corrected chi connectivity index (χ0v) is 13.4. The molecule has 5 heteroatoms.